The van der Waals surface area contributed by atoms with E-state index < -0.39 is 0 Å². The second-order valence-electron chi connectivity index (χ2n) is 4.29. The van der Waals surface area contributed by atoms with E-state index in [2.05, 4.69) is 30.6 Å². The number of rotatable bonds is 7. The molecule has 1 aliphatic rings. The van der Waals surface area contributed by atoms with Crippen LogP contribution in [-0.2, 0) is 4.79 Å². The number of ketones is 1. The standard InChI is InChI=1S/C12H22NOS2/c1-16-12(7-11(14)9-15)8-13-10-5-3-2-4-6-10/h5,10,12-13,15H,2-4,6-9H2,1H3. The Balaban J connectivity index is 2.19. The molecular formula is C12H22NOS2. The van der Waals surface area contributed by atoms with Gasteiger partial charge in [0, 0.05) is 30.0 Å². The zero-order chi connectivity index (χ0) is 11.8. The number of nitrogens with one attached hydrogen (secondary N) is 1. The van der Waals surface area contributed by atoms with E-state index in [1.807, 2.05) is 0 Å². The molecule has 1 saturated carbocycles. The van der Waals surface area contributed by atoms with Crippen LogP contribution in [0.2, 0.25) is 0 Å². The molecule has 1 rings (SSSR count). The van der Waals surface area contributed by atoms with Gasteiger partial charge in [0.2, 0.25) is 0 Å². The topological polar surface area (TPSA) is 29.1 Å². The van der Waals surface area contributed by atoms with Gasteiger partial charge >= 0.3 is 0 Å². The van der Waals surface area contributed by atoms with Crippen molar-refractivity contribution in [3.8, 4) is 0 Å². The first-order chi connectivity index (χ1) is 7.76. The molecule has 1 fully saturated rings. The third kappa shape index (κ3) is 5.60. The van der Waals surface area contributed by atoms with Crippen LogP contribution < -0.4 is 5.32 Å². The largest absolute Gasteiger partial charge is 0.313 e. The molecule has 4 heteroatoms. The predicted molar refractivity (Wildman–Crippen MR) is 75.3 cm³/mol. The Kier molecular flexibility index (Phi) is 7.58. The summed E-state index contributed by atoms with van der Waals surface area (Å²) in [7, 11) is 0. The Bertz CT molecular complexity index is 205. The maximum atomic E-state index is 11.3. The molecule has 2 unspecified atom stereocenters. The molecule has 0 aromatic heterocycles. The highest BCUT2D eigenvalue weighted by Crippen LogP contribution is 2.17. The summed E-state index contributed by atoms with van der Waals surface area (Å²) in [6.45, 7) is 0.932. The highest BCUT2D eigenvalue weighted by atomic mass is 32.2. The van der Waals surface area contributed by atoms with Crippen molar-refractivity contribution in [2.24, 2.45) is 0 Å². The first-order valence-electron chi connectivity index (χ1n) is 5.98. The van der Waals surface area contributed by atoms with Gasteiger partial charge in [0.1, 0.15) is 5.78 Å². The van der Waals surface area contributed by atoms with Crippen molar-refractivity contribution in [1.82, 2.24) is 5.32 Å². The fraction of sp³-hybridized carbons (Fsp3) is 0.833. The lowest BCUT2D eigenvalue weighted by Gasteiger charge is -2.24. The second kappa shape index (κ2) is 8.43. The molecule has 93 valence electrons. The molecule has 16 heavy (non-hydrogen) atoms. The molecule has 0 amide bonds. The highest BCUT2D eigenvalue weighted by molar-refractivity contribution is 7.99. The smallest absolute Gasteiger partial charge is 0.143 e. The second-order valence-corrected chi connectivity index (χ2v) is 5.75. The van der Waals surface area contributed by atoms with Crippen LogP contribution in [0.4, 0.5) is 0 Å². The lowest BCUT2D eigenvalue weighted by molar-refractivity contribution is -0.116. The van der Waals surface area contributed by atoms with Gasteiger partial charge in [-0.2, -0.15) is 24.4 Å². The lowest BCUT2D eigenvalue weighted by Crippen LogP contribution is -2.37. The maximum Gasteiger partial charge on any atom is 0.143 e. The fourth-order valence-corrected chi connectivity index (χ4v) is 2.72. The minimum atomic E-state index is 0.247. The highest BCUT2D eigenvalue weighted by Gasteiger charge is 2.16. The molecule has 2 nitrogen and oxygen atoms in total. The molecule has 0 heterocycles. The van der Waals surface area contributed by atoms with Crippen molar-refractivity contribution in [3.05, 3.63) is 6.42 Å². The van der Waals surface area contributed by atoms with Crippen molar-refractivity contribution >= 4 is 30.2 Å². The molecular weight excluding hydrogens is 238 g/mol. The molecule has 1 aliphatic carbocycles. The van der Waals surface area contributed by atoms with E-state index >= 15 is 0 Å². The van der Waals surface area contributed by atoms with Crippen LogP contribution in [-0.4, -0.2) is 35.6 Å². The van der Waals surface area contributed by atoms with Crippen molar-refractivity contribution in [2.75, 3.05) is 18.6 Å². The van der Waals surface area contributed by atoms with E-state index in [0.717, 1.165) is 6.54 Å². The number of carbonyl (C=O) groups excluding carboxylic acids is 1. The van der Waals surface area contributed by atoms with Gasteiger partial charge in [-0.15, -0.1) is 0 Å². The van der Waals surface area contributed by atoms with Gasteiger partial charge in [-0.3, -0.25) is 4.79 Å². The molecule has 0 spiro atoms. The number of hydrogen-bond acceptors (Lipinski definition) is 4. The Labute approximate surface area is 109 Å². The summed E-state index contributed by atoms with van der Waals surface area (Å²) < 4.78 is 0. The van der Waals surface area contributed by atoms with Crippen molar-refractivity contribution in [2.45, 2.75) is 43.4 Å². The van der Waals surface area contributed by atoms with Crippen LogP contribution in [0.5, 0.6) is 0 Å². The van der Waals surface area contributed by atoms with Crippen molar-refractivity contribution in [1.29, 1.82) is 0 Å². The Morgan fingerprint density at radius 1 is 1.62 bits per heavy atom. The molecule has 0 saturated heterocycles. The maximum absolute atomic E-state index is 11.3. The monoisotopic (exact) mass is 260 g/mol. The number of carbonyl (C=O) groups is 1. The summed E-state index contributed by atoms with van der Waals surface area (Å²) in [6, 6.07) is 0.564. The zero-order valence-electron chi connectivity index (χ0n) is 9.95. The average molecular weight is 260 g/mol. The first-order valence-corrected chi connectivity index (χ1v) is 7.90. The first kappa shape index (κ1) is 14.4. The molecule has 0 bridgehead atoms. The summed E-state index contributed by atoms with van der Waals surface area (Å²) in [4.78, 5) is 11.3. The van der Waals surface area contributed by atoms with Gasteiger partial charge in [0.15, 0.2) is 0 Å². The number of thiol groups is 1. The summed E-state index contributed by atoms with van der Waals surface area (Å²) in [5, 5.41) is 3.95. The van der Waals surface area contributed by atoms with Gasteiger partial charge in [0.05, 0.1) is 0 Å². The van der Waals surface area contributed by atoms with Gasteiger partial charge in [-0.1, -0.05) is 12.8 Å². The summed E-state index contributed by atoms with van der Waals surface area (Å²) >= 11 is 5.78. The van der Waals surface area contributed by atoms with Gasteiger partial charge in [-0.05, 0) is 25.5 Å². The van der Waals surface area contributed by atoms with Crippen molar-refractivity contribution in [3.63, 3.8) is 0 Å². The molecule has 2 atom stereocenters. The number of thioether (sulfide) groups is 1. The summed E-state index contributed by atoms with van der Waals surface area (Å²) in [5.41, 5.74) is 0. The Morgan fingerprint density at radius 2 is 2.44 bits per heavy atom. The SMILES string of the molecule is CSC(CNC1[CH]CCCC1)CC(=O)CS. The number of hydrogen-bond donors (Lipinski definition) is 2. The summed E-state index contributed by atoms with van der Waals surface area (Å²) in [5.74, 6) is 0.615. The normalized spacial score (nSPS) is 19.6. The predicted octanol–water partition coefficient (Wildman–Crippen LogP) is 2.34. The minimum absolute atomic E-state index is 0.247. The van der Waals surface area contributed by atoms with E-state index in [0.29, 0.717) is 23.5 Å². The molecule has 0 aromatic rings. The van der Waals surface area contributed by atoms with Crippen molar-refractivity contribution < 1.29 is 4.79 Å². The molecule has 0 aliphatic heterocycles. The molecule has 1 radical (unpaired) electrons. The van der Waals surface area contributed by atoms with E-state index in [4.69, 9.17) is 0 Å². The third-order valence-corrected chi connectivity index (χ3v) is 4.35. The quantitative estimate of drug-likeness (QED) is 0.689. The van der Waals surface area contributed by atoms with E-state index in [1.54, 1.807) is 11.8 Å². The van der Waals surface area contributed by atoms with Crippen LogP contribution in [0, 0.1) is 6.42 Å². The van der Waals surface area contributed by atoms with Gasteiger partial charge < -0.3 is 5.32 Å². The van der Waals surface area contributed by atoms with Crippen LogP contribution in [0.25, 0.3) is 0 Å². The van der Waals surface area contributed by atoms with E-state index in [-0.39, 0.29) is 5.78 Å². The zero-order valence-corrected chi connectivity index (χ0v) is 11.7. The van der Waals surface area contributed by atoms with E-state index in [1.165, 1.54) is 25.7 Å². The van der Waals surface area contributed by atoms with Crippen LogP contribution in [0.3, 0.4) is 0 Å². The molecule has 1 N–H and O–H groups in total. The van der Waals surface area contributed by atoms with Gasteiger partial charge in [0.25, 0.3) is 0 Å². The van der Waals surface area contributed by atoms with Crippen LogP contribution in [0.1, 0.15) is 32.1 Å². The summed E-state index contributed by atoms with van der Waals surface area (Å²) in [6.07, 6.45) is 10.2. The van der Waals surface area contributed by atoms with Crippen LogP contribution >= 0.6 is 24.4 Å². The Hall–Kier alpha value is 0.330. The van der Waals surface area contributed by atoms with E-state index in [9.17, 15) is 4.79 Å². The fourth-order valence-electron chi connectivity index (χ4n) is 1.97. The minimum Gasteiger partial charge on any atom is -0.313 e. The Morgan fingerprint density at radius 3 is 3.00 bits per heavy atom. The average Bonchev–Trinajstić information content (AvgIpc) is 2.35. The number of Topliss-reactive ketones (excluding diaryl/α,β-unsaturated/α-hetero) is 1. The third-order valence-electron chi connectivity index (χ3n) is 2.99. The van der Waals surface area contributed by atoms with Crippen LogP contribution in [0.15, 0.2) is 0 Å². The molecule has 0 aromatic carbocycles. The lowest BCUT2D eigenvalue weighted by atomic mass is 9.95. The van der Waals surface area contributed by atoms with Gasteiger partial charge in [-0.25, -0.2) is 0 Å².